The van der Waals surface area contributed by atoms with Gasteiger partial charge in [-0.1, -0.05) is 29.5 Å². The van der Waals surface area contributed by atoms with Crippen LogP contribution in [0.25, 0.3) is 11.3 Å². The van der Waals surface area contributed by atoms with Crippen LogP contribution in [0.1, 0.15) is 16.8 Å². The molecule has 1 aliphatic heterocycles. The van der Waals surface area contributed by atoms with Crippen LogP contribution in [0, 0.1) is 18.3 Å². The highest BCUT2D eigenvalue weighted by molar-refractivity contribution is 5.68. The van der Waals surface area contributed by atoms with Gasteiger partial charge in [-0.3, -0.25) is 0 Å². The molecule has 0 unspecified atom stereocenters. The first-order valence-electron chi connectivity index (χ1n) is 7.54. The number of hydrogen-bond donors (Lipinski definition) is 0. The lowest BCUT2D eigenvalue weighted by molar-refractivity contribution is 0.174. The molecule has 6 heteroatoms. The summed E-state index contributed by atoms with van der Waals surface area (Å²) in [6.45, 7) is 2.81. The molecule has 0 spiro atoms. The van der Waals surface area contributed by atoms with E-state index in [4.69, 9.17) is 9.47 Å². The van der Waals surface area contributed by atoms with Crippen LogP contribution in [0.3, 0.4) is 0 Å². The van der Waals surface area contributed by atoms with Crippen molar-refractivity contribution in [2.24, 2.45) is 0 Å². The maximum Gasteiger partial charge on any atom is 0.231 e. The first-order valence-corrected chi connectivity index (χ1v) is 7.54. The second-order valence-corrected chi connectivity index (χ2v) is 5.55. The Balaban J connectivity index is 1.79. The number of benzene rings is 2. The molecule has 0 N–H and O–H groups in total. The van der Waals surface area contributed by atoms with E-state index in [1.807, 2.05) is 36.4 Å². The van der Waals surface area contributed by atoms with Gasteiger partial charge >= 0.3 is 0 Å². The first-order chi connectivity index (χ1) is 11.8. The summed E-state index contributed by atoms with van der Waals surface area (Å²) >= 11 is 0. The molecule has 0 fully saturated rings. The van der Waals surface area contributed by atoms with Gasteiger partial charge in [-0.2, -0.15) is 5.26 Å². The molecular formula is C18H14N4O2. The molecule has 4 rings (SSSR count). The summed E-state index contributed by atoms with van der Waals surface area (Å²) in [5.74, 6) is 1.37. The Morgan fingerprint density at radius 1 is 1.17 bits per heavy atom. The highest BCUT2D eigenvalue weighted by Crippen LogP contribution is 2.36. The van der Waals surface area contributed by atoms with Crippen LogP contribution in [0.2, 0.25) is 0 Å². The maximum absolute atomic E-state index is 9.39. The summed E-state index contributed by atoms with van der Waals surface area (Å²) in [4.78, 5) is 0. The van der Waals surface area contributed by atoms with Crippen molar-refractivity contribution in [2.45, 2.75) is 13.5 Å². The molecule has 1 aliphatic rings. The van der Waals surface area contributed by atoms with E-state index in [1.54, 1.807) is 4.68 Å². The predicted molar refractivity (Wildman–Crippen MR) is 86.6 cm³/mol. The van der Waals surface area contributed by atoms with Gasteiger partial charge in [0, 0.05) is 5.56 Å². The van der Waals surface area contributed by atoms with Crippen molar-refractivity contribution >= 4 is 0 Å². The first kappa shape index (κ1) is 14.3. The van der Waals surface area contributed by atoms with Crippen LogP contribution in [0.15, 0.2) is 42.5 Å². The summed E-state index contributed by atoms with van der Waals surface area (Å²) in [7, 11) is 0. The number of fused-ring (bicyclic) bond motifs is 1. The Kier molecular flexibility index (Phi) is 3.39. The van der Waals surface area contributed by atoms with E-state index in [9.17, 15) is 5.26 Å². The van der Waals surface area contributed by atoms with E-state index in [2.05, 4.69) is 29.4 Å². The Morgan fingerprint density at radius 3 is 2.83 bits per heavy atom. The van der Waals surface area contributed by atoms with Gasteiger partial charge in [0.1, 0.15) is 11.8 Å². The normalized spacial score (nSPS) is 12.2. The monoisotopic (exact) mass is 318 g/mol. The van der Waals surface area contributed by atoms with E-state index < -0.39 is 0 Å². The summed E-state index contributed by atoms with van der Waals surface area (Å²) in [5.41, 5.74) is 4.10. The highest BCUT2D eigenvalue weighted by Gasteiger charge is 2.20. The fraction of sp³-hybridized carbons (Fsp3) is 0.167. The van der Waals surface area contributed by atoms with Crippen LogP contribution < -0.4 is 9.47 Å². The van der Waals surface area contributed by atoms with Crippen molar-refractivity contribution in [3.8, 4) is 28.8 Å². The highest BCUT2D eigenvalue weighted by atomic mass is 16.7. The predicted octanol–water partition coefficient (Wildman–Crippen LogP) is 2.90. The second kappa shape index (κ2) is 5.70. The molecule has 2 heterocycles. The molecule has 2 aromatic carbocycles. The van der Waals surface area contributed by atoms with Crippen molar-refractivity contribution in [1.82, 2.24) is 15.0 Å². The van der Waals surface area contributed by atoms with Crippen LogP contribution in [0.5, 0.6) is 11.5 Å². The van der Waals surface area contributed by atoms with Crippen LogP contribution in [0.4, 0.5) is 0 Å². The van der Waals surface area contributed by atoms with Gasteiger partial charge in [0.25, 0.3) is 0 Å². The molecule has 0 radical (unpaired) electrons. The summed E-state index contributed by atoms with van der Waals surface area (Å²) in [5, 5.41) is 17.6. The van der Waals surface area contributed by atoms with Crippen molar-refractivity contribution in [3.05, 3.63) is 59.3 Å². The zero-order valence-electron chi connectivity index (χ0n) is 13.1. The SMILES string of the molecule is Cc1ccccc1Cn1nnc(C#N)c1-c1ccc2c(c1)OCO2. The molecule has 0 bridgehead atoms. The second-order valence-electron chi connectivity index (χ2n) is 5.55. The lowest BCUT2D eigenvalue weighted by Crippen LogP contribution is -2.05. The Labute approximate surface area is 138 Å². The van der Waals surface area contributed by atoms with Crippen molar-refractivity contribution in [1.29, 1.82) is 5.26 Å². The van der Waals surface area contributed by atoms with Crippen LogP contribution in [-0.4, -0.2) is 21.8 Å². The van der Waals surface area contributed by atoms with Gasteiger partial charge in [-0.25, -0.2) is 4.68 Å². The average Bonchev–Trinajstić information content (AvgIpc) is 3.22. The number of nitrogens with zero attached hydrogens (tertiary/aromatic N) is 4. The Hall–Kier alpha value is -3.33. The van der Waals surface area contributed by atoms with Crippen LogP contribution in [-0.2, 0) is 6.54 Å². The smallest absolute Gasteiger partial charge is 0.231 e. The molecule has 0 aliphatic carbocycles. The van der Waals surface area contributed by atoms with Gasteiger partial charge in [0.05, 0.1) is 6.54 Å². The molecule has 24 heavy (non-hydrogen) atoms. The Morgan fingerprint density at radius 2 is 2.00 bits per heavy atom. The van der Waals surface area contributed by atoms with Gasteiger partial charge in [0.15, 0.2) is 17.2 Å². The third-order valence-electron chi connectivity index (χ3n) is 4.07. The fourth-order valence-electron chi connectivity index (χ4n) is 2.78. The van der Waals surface area contributed by atoms with Crippen molar-refractivity contribution in [3.63, 3.8) is 0 Å². The van der Waals surface area contributed by atoms with E-state index in [1.165, 1.54) is 5.56 Å². The number of ether oxygens (including phenoxy) is 2. The van der Waals surface area contributed by atoms with Gasteiger partial charge in [0.2, 0.25) is 6.79 Å². The number of nitriles is 1. The van der Waals surface area contributed by atoms with E-state index >= 15 is 0 Å². The maximum atomic E-state index is 9.39. The quantitative estimate of drug-likeness (QED) is 0.742. The molecule has 6 nitrogen and oxygen atoms in total. The van der Waals surface area contributed by atoms with E-state index in [0.29, 0.717) is 29.4 Å². The van der Waals surface area contributed by atoms with Crippen molar-refractivity contribution in [2.75, 3.05) is 6.79 Å². The minimum absolute atomic E-state index is 0.213. The fourth-order valence-corrected chi connectivity index (χ4v) is 2.78. The molecule has 118 valence electrons. The van der Waals surface area contributed by atoms with E-state index in [-0.39, 0.29) is 6.79 Å². The molecule has 0 atom stereocenters. The van der Waals surface area contributed by atoms with Crippen molar-refractivity contribution < 1.29 is 9.47 Å². The van der Waals surface area contributed by atoms with Crippen LogP contribution >= 0.6 is 0 Å². The summed E-state index contributed by atoms with van der Waals surface area (Å²) < 4.78 is 12.5. The number of aryl methyl sites for hydroxylation is 1. The van der Waals surface area contributed by atoms with Gasteiger partial charge < -0.3 is 9.47 Å². The molecule has 1 aromatic heterocycles. The largest absolute Gasteiger partial charge is 0.454 e. The zero-order valence-corrected chi connectivity index (χ0v) is 13.1. The lowest BCUT2D eigenvalue weighted by atomic mass is 10.1. The molecule has 0 saturated carbocycles. The summed E-state index contributed by atoms with van der Waals surface area (Å²) in [6, 6.07) is 15.8. The average molecular weight is 318 g/mol. The number of hydrogen-bond acceptors (Lipinski definition) is 5. The number of rotatable bonds is 3. The zero-order chi connectivity index (χ0) is 16.5. The lowest BCUT2D eigenvalue weighted by Gasteiger charge is -2.09. The molecular weight excluding hydrogens is 304 g/mol. The molecule has 3 aromatic rings. The third kappa shape index (κ3) is 2.36. The number of aromatic nitrogens is 3. The molecule has 0 amide bonds. The Bertz CT molecular complexity index is 956. The van der Waals surface area contributed by atoms with Gasteiger partial charge in [-0.05, 0) is 36.2 Å². The topological polar surface area (TPSA) is 73.0 Å². The minimum atomic E-state index is 0.213. The van der Waals surface area contributed by atoms with E-state index in [0.717, 1.165) is 11.1 Å². The minimum Gasteiger partial charge on any atom is -0.454 e. The van der Waals surface area contributed by atoms with Gasteiger partial charge in [-0.15, -0.1) is 5.10 Å². The summed E-state index contributed by atoms with van der Waals surface area (Å²) in [6.07, 6.45) is 0. The third-order valence-corrected chi connectivity index (χ3v) is 4.07. The standard InChI is InChI=1S/C18H14N4O2/c1-12-4-2-3-5-14(12)10-22-18(15(9-19)20-21-22)13-6-7-16-17(8-13)24-11-23-16/h2-8H,10-11H2,1H3. The molecule has 0 saturated heterocycles.